The first-order valence-electron chi connectivity index (χ1n) is 12.5. The van der Waals surface area contributed by atoms with Crippen molar-refractivity contribution in [3.05, 3.63) is 135 Å². The van der Waals surface area contributed by atoms with Crippen LogP contribution in [0.3, 0.4) is 0 Å². The van der Waals surface area contributed by atoms with Crippen LogP contribution in [0.4, 0.5) is 4.39 Å². The topological polar surface area (TPSA) is 79.5 Å². The van der Waals surface area contributed by atoms with E-state index in [1.807, 2.05) is 60.7 Å². The Bertz CT molecular complexity index is 1540. The Morgan fingerprint density at radius 1 is 0.949 bits per heavy atom. The van der Waals surface area contributed by atoms with E-state index < -0.39 is 55.4 Å². The number of halogens is 1. The number of alkyl halides is 1. The summed E-state index contributed by atoms with van der Waals surface area (Å²) in [7, 11) is 0. The van der Waals surface area contributed by atoms with E-state index in [0.717, 1.165) is 10.0 Å². The second-order valence-electron chi connectivity index (χ2n) is 9.22. The molecule has 39 heavy (non-hydrogen) atoms. The van der Waals surface area contributed by atoms with Crippen LogP contribution in [0.1, 0.15) is 27.7 Å². The predicted molar refractivity (Wildman–Crippen MR) is 146 cm³/mol. The first-order chi connectivity index (χ1) is 18.9. The van der Waals surface area contributed by atoms with Crippen LogP contribution in [0.15, 0.2) is 107 Å². The van der Waals surface area contributed by atoms with Crippen LogP contribution in [-0.4, -0.2) is 48.9 Å². The molecule has 1 fully saturated rings. The molecule has 0 N–H and O–H groups in total. The molecule has 0 saturated carbocycles. The van der Waals surface area contributed by atoms with Gasteiger partial charge in [0, 0.05) is 0 Å². The molecule has 0 bridgehead atoms. The number of aromatic nitrogens is 2. The predicted octanol–water partition coefficient (Wildman–Crippen LogP) is 3.28. The Labute approximate surface area is 231 Å². The summed E-state index contributed by atoms with van der Waals surface area (Å²) in [5.74, 6) is -0.745. The maximum atomic E-state index is 16.0. The first kappa shape index (κ1) is 27.0. The summed E-state index contributed by atoms with van der Waals surface area (Å²) in [5.41, 5.74) is -0.260. The second-order valence-corrected chi connectivity index (χ2v) is 11.8. The normalized spacial score (nSPS) is 20.7. The summed E-state index contributed by atoms with van der Waals surface area (Å²) in [6.45, 7) is 1.80. The third-order valence-electron chi connectivity index (χ3n) is 6.46. The minimum absolute atomic E-state index is 0.00967. The number of benzene rings is 3. The van der Waals surface area contributed by atoms with Gasteiger partial charge in [0.05, 0.1) is 0 Å². The molecule has 0 radical (unpaired) electrons. The van der Waals surface area contributed by atoms with Gasteiger partial charge in [-0.05, 0) is 0 Å². The van der Waals surface area contributed by atoms with Gasteiger partial charge in [-0.1, -0.05) is 0 Å². The number of hydrogen-bond donors (Lipinski definition) is 0. The fraction of sp³-hybridized carbons (Fsp3) is 0.233. The standard InChI is InChI=1S/C30H27FN2O5Se/c1-20-17-32(30(36)33(27(20)34)28(35)22-13-7-3-8-14-22)29-26(39-23-15-9-4-10-16-23)25(31)24(38-29)19-37-18-21-11-5-2-6-12-21/h2-17,24-26,29H,18-19H2,1H3/t24-,25-,26+,29+/m1/s1. The molecule has 1 aliphatic heterocycles. The van der Waals surface area contributed by atoms with Crippen molar-refractivity contribution < 1.29 is 18.7 Å². The minimum atomic E-state index is -1.43. The van der Waals surface area contributed by atoms with E-state index in [1.54, 1.807) is 18.2 Å². The second kappa shape index (κ2) is 12.1. The Morgan fingerprint density at radius 2 is 1.56 bits per heavy atom. The summed E-state index contributed by atoms with van der Waals surface area (Å²) >= 11 is -0.419. The third-order valence-corrected chi connectivity index (χ3v) is 9.20. The van der Waals surface area contributed by atoms with Gasteiger partial charge in [0.25, 0.3) is 0 Å². The molecule has 0 aliphatic carbocycles. The molecule has 200 valence electrons. The first-order valence-corrected chi connectivity index (χ1v) is 14.4. The molecular weight excluding hydrogens is 566 g/mol. The van der Waals surface area contributed by atoms with E-state index in [9.17, 15) is 14.4 Å². The SMILES string of the molecule is Cc1cn([C@H]2O[C@H](COCc3ccccc3)[C@@H](F)[C@@H]2[Se]c2ccccc2)c(=O)n(C(=O)c2ccccc2)c1=O. The Morgan fingerprint density at radius 3 is 2.23 bits per heavy atom. The Kier molecular flexibility index (Phi) is 8.33. The maximum absolute atomic E-state index is 16.0. The zero-order valence-electron chi connectivity index (χ0n) is 21.2. The molecule has 1 aliphatic rings. The summed E-state index contributed by atoms with van der Waals surface area (Å²) in [6, 6.07) is 27.1. The van der Waals surface area contributed by atoms with Gasteiger partial charge in [0.1, 0.15) is 0 Å². The van der Waals surface area contributed by atoms with Crippen molar-refractivity contribution in [3.8, 4) is 0 Å². The molecule has 0 spiro atoms. The number of hydrogen-bond acceptors (Lipinski definition) is 5. The number of carbonyl (C=O) groups excluding carboxylic acids is 1. The summed E-state index contributed by atoms with van der Waals surface area (Å²) in [4.78, 5) is 39.1. The van der Waals surface area contributed by atoms with Crippen molar-refractivity contribution >= 4 is 25.3 Å². The molecule has 0 amide bonds. The van der Waals surface area contributed by atoms with Crippen molar-refractivity contribution in [2.45, 2.75) is 36.9 Å². The van der Waals surface area contributed by atoms with Gasteiger partial charge in [0.2, 0.25) is 0 Å². The number of aryl methyl sites for hydroxylation is 1. The fourth-order valence-corrected chi connectivity index (χ4v) is 7.08. The summed E-state index contributed by atoms with van der Waals surface area (Å²) < 4.78 is 30.7. The van der Waals surface area contributed by atoms with Crippen LogP contribution >= 0.6 is 0 Å². The molecule has 2 heterocycles. The van der Waals surface area contributed by atoms with Crippen LogP contribution in [-0.2, 0) is 16.1 Å². The number of nitrogens with zero attached hydrogens (tertiary/aromatic N) is 2. The monoisotopic (exact) mass is 594 g/mol. The molecule has 1 aromatic heterocycles. The quantitative estimate of drug-likeness (QED) is 0.293. The van der Waals surface area contributed by atoms with Crippen LogP contribution < -0.4 is 15.7 Å². The molecule has 1 saturated heterocycles. The fourth-order valence-electron chi connectivity index (χ4n) is 4.47. The van der Waals surface area contributed by atoms with Crippen LogP contribution in [0.5, 0.6) is 0 Å². The molecule has 5 rings (SSSR count). The number of ether oxygens (including phenoxy) is 2. The van der Waals surface area contributed by atoms with Gasteiger partial charge in [-0.3, -0.25) is 0 Å². The van der Waals surface area contributed by atoms with Crippen LogP contribution in [0, 0.1) is 6.92 Å². The van der Waals surface area contributed by atoms with E-state index in [0.29, 0.717) is 11.2 Å². The van der Waals surface area contributed by atoms with Crippen molar-refractivity contribution in [2.75, 3.05) is 6.61 Å². The van der Waals surface area contributed by atoms with E-state index in [2.05, 4.69) is 0 Å². The Hall–Kier alpha value is -3.62. The van der Waals surface area contributed by atoms with Gasteiger partial charge in [-0.2, -0.15) is 0 Å². The molecule has 9 heteroatoms. The van der Waals surface area contributed by atoms with Gasteiger partial charge in [-0.15, -0.1) is 0 Å². The Balaban J connectivity index is 1.48. The van der Waals surface area contributed by atoms with Crippen molar-refractivity contribution in [1.29, 1.82) is 0 Å². The molecular formula is C30H27FN2O5Se. The van der Waals surface area contributed by atoms with Crippen molar-refractivity contribution in [1.82, 2.24) is 9.13 Å². The van der Waals surface area contributed by atoms with E-state index in [-0.39, 0.29) is 17.7 Å². The van der Waals surface area contributed by atoms with E-state index in [1.165, 1.54) is 29.8 Å². The third kappa shape index (κ3) is 5.87. The zero-order chi connectivity index (χ0) is 27.4. The van der Waals surface area contributed by atoms with Gasteiger partial charge < -0.3 is 0 Å². The van der Waals surface area contributed by atoms with E-state index >= 15 is 4.39 Å². The molecule has 7 nitrogen and oxygen atoms in total. The summed E-state index contributed by atoms with van der Waals surface area (Å²) in [5, 5.41) is 0. The molecule has 0 unspecified atom stereocenters. The van der Waals surface area contributed by atoms with Gasteiger partial charge >= 0.3 is 231 Å². The van der Waals surface area contributed by atoms with E-state index in [4.69, 9.17) is 9.47 Å². The average Bonchev–Trinajstić information content (AvgIpc) is 3.26. The summed E-state index contributed by atoms with van der Waals surface area (Å²) in [6.07, 6.45) is -2.01. The number of carbonyl (C=O) groups is 1. The van der Waals surface area contributed by atoms with Crippen molar-refractivity contribution in [3.63, 3.8) is 0 Å². The van der Waals surface area contributed by atoms with Crippen LogP contribution in [0.25, 0.3) is 0 Å². The van der Waals surface area contributed by atoms with Gasteiger partial charge in [-0.25, -0.2) is 0 Å². The zero-order valence-corrected chi connectivity index (χ0v) is 22.9. The van der Waals surface area contributed by atoms with Crippen LogP contribution in [0.2, 0.25) is 4.82 Å². The molecule has 4 aromatic rings. The average molecular weight is 594 g/mol. The number of rotatable bonds is 8. The van der Waals surface area contributed by atoms with Crippen molar-refractivity contribution in [2.24, 2.45) is 0 Å². The molecule has 3 aromatic carbocycles. The molecule has 4 atom stereocenters. The van der Waals surface area contributed by atoms with Gasteiger partial charge in [0.15, 0.2) is 0 Å².